The number of aromatic nitrogens is 3. The zero-order chi connectivity index (χ0) is 17.6. The van der Waals surface area contributed by atoms with Crippen LogP contribution in [0.2, 0.25) is 0 Å². The predicted octanol–water partition coefficient (Wildman–Crippen LogP) is 2.24. The maximum atomic E-state index is 5.72. The third-order valence-electron chi connectivity index (χ3n) is 5.14. The van der Waals surface area contributed by atoms with Gasteiger partial charge in [-0.25, -0.2) is 4.99 Å². The Labute approximate surface area is 177 Å². The number of guanidine groups is 1. The number of hydrogen-bond acceptors (Lipinski definition) is 5. The van der Waals surface area contributed by atoms with Crippen LogP contribution in [0, 0.1) is 6.92 Å². The summed E-state index contributed by atoms with van der Waals surface area (Å²) in [6, 6.07) is 0.495. The van der Waals surface area contributed by atoms with Crippen LogP contribution in [0.1, 0.15) is 43.8 Å². The Morgan fingerprint density at radius 2 is 2.19 bits per heavy atom. The Morgan fingerprint density at radius 3 is 2.81 bits per heavy atom. The minimum atomic E-state index is 0. The van der Waals surface area contributed by atoms with Crippen LogP contribution in [0.4, 0.5) is 0 Å². The minimum absolute atomic E-state index is 0. The molecule has 26 heavy (non-hydrogen) atoms. The fourth-order valence-corrected chi connectivity index (χ4v) is 4.18. The minimum Gasteiger partial charge on any atom is -0.376 e. The second kappa shape index (κ2) is 10.7. The van der Waals surface area contributed by atoms with Gasteiger partial charge in [0.25, 0.3) is 0 Å². The normalized spacial score (nSPS) is 26.0. The summed E-state index contributed by atoms with van der Waals surface area (Å²) in [5, 5.41) is 16.2. The third-order valence-corrected chi connectivity index (χ3v) is 6.24. The lowest BCUT2D eigenvalue weighted by atomic mass is 10.2. The van der Waals surface area contributed by atoms with E-state index in [1.165, 1.54) is 19.3 Å². The van der Waals surface area contributed by atoms with Crippen molar-refractivity contribution in [1.29, 1.82) is 0 Å². The number of thioether (sulfide) groups is 1. The molecule has 1 aromatic rings. The summed E-state index contributed by atoms with van der Waals surface area (Å²) in [5.74, 6) is 2.65. The fraction of sp³-hybridized carbons (Fsp3) is 0.824. The van der Waals surface area contributed by atoms with Gasteiger partial charge in [-0.2, -0.15) is 11.8 Å². The van der Waals surface area contributed by atoms with Crippen LogP contribution in [0.5, 0.6) is 0 Å². The van der Waals surface area contributed by atoms with Crippen molar-refractivity contribution in [3.63, 3.8) is 0 Å². The molecule has 0 bridgehead atoms. The number of rotatable bonds is 6. The number of aryl methyl sites for hydroxylation is 1. The van der Waals surface area contributed by atoms with Crippen molar-refractivity contribution < 1.29 is 4.74 Å². The van der Waals surface area contributed by atoms with E-state index >= 15 is 0 Å². The molecule has 2 N–H and O–H groups in total. The first kappa shape index (κ1) is 21.7. The van der Waals surface area contributed by atoms with Crippen LogP contribution < -0.4 is 10.6 Å². The van der Waals surface area contributed by atoms with Crippen molar-refractivity contribution in [3.05, 3.63) is 11.6 Å². The van der Waals surface area contributed by atoms with Crippen LogP contribution in [-0.4, -0.2) is 57.5 Å². The Balaban J connectivity index is 0.00000243. The molecule has 2 fully saturated rings. The molecule has 148 valence electrons. The highest BCUT2D eigenvalue weighted by atomic mass is 127. The smallest absolute Gasteiger partial charge is 0.192 e. The highest BCUT2D eigenvalue weighted by molar-refractivity contribution is 14.0. The third kappa shape index (κ3) is 5.98. The number of nitrogens with one attached hydrogen (secondary N) is 2. The molecule has 3 rings (SSSR count). The van der Waals surface area contributed by atoms with E-state index in [1.807, 2.05) is 30.3 Å². The van der Waals surface area contributed by atoms with Crippen molar-refractivity contribution in [2.75, 3.05) is 19.4 Å². The number of halogens is 1. The fourth-order valence-electron chi connectivity index (χ4n) is 3.39. The standard InChI is InChI=1S/C17H30N6OS.HI/c1-12-21-22-16(23(12)2)11-19-17(18-10-14-5-4-8-24-14)20-13-6-7-15(9-13)25-3;/h13-15H,4-11H2,1-3H3,(H2,18,19,20);1H. The highest BCUT2D eigenvalue weighted by Crippen LogP contribution is 2.28. The van der Waals surface area contributed by atoms with Gasteiger partial charge in [-0.1, -0.05) is 0 Å². The molecular formula is C17H31IN6OS. The van der Waals surface area contributed by atoms with Gasteiger partial charge in [0.15, 0.2) is 11.8 Å². The number of hydrogen-bond donors (Lipinski definition) is 2. The van der Waals surface area contributed by atoms with Crippen molar-refractivity contribution >= 4 is 41.7 Å². The first-order valence-corrected chi connectivity index (χ1v) is 10.5. The molecule has 0 aromatic carbocycles. The molecule has 9 heteroatoms. The lowest BCUT2D eigenvalue weighted by molar-refractivity contribution is 0.113. The van der Waals surface area contributed by atoms with Crippen molar-refractivity contribution in [2.45, 2.75) is 63.0 Å². The lowest BCUT2D eigenvalue weighted by Crippen LogP contribution is -2.45. The quantitative estimate of drug-likeness (QED) is 0.359. The van der Waals surface area contributed by atoms with Gasteiger partial charge in [0.05, 0.1) is 6.10 Å². The van der Waals surface area contributed by atoms with E-state index in [0.717, 1.165) is 48.9 Å². The van der Waals surface area contributed by atoms with Gasteiger partial charge in [0.1, 0.15) is 12.4 Å². The van der Waals surface area contributed by atoms with Gasteiger partial charge in [-0.05, 0) is 45.3 Å². The second-order valence-corrected chi connectivity index (χ2v) is 8.05. The van der Waals surface area contributed by atoms with Crippen LogP contribution >= 0.6 is 35.7 Å². The van der Waals surface area contributed by atoms with Gasteiger partial charge >= 0.3 is 0 Å². The Hall–Kier alpha value is -0.550. The van der Waals surface area contributed by atoms with Crippen LogP contribution in [0.3, 0.4) is 0 Å². The van der Waals surface area contributed by atoms with Gasteiger partial charge in [0.2, 0.25) is 0 Å². The highest BCUT2D eigenvalue weighted by Gasteiger charge is 2.25. The molecular weight excluding hydrogens is 463 g/mol. The molecule has 0 amide bonds. The molecule has 2 aliphatic rings. The van der Waals surface area contributed by atoms with Crippen molar-refractivity contribution in [2.24, 2.45) is 12.0 Å². The van der Waals surface area contributed by atoms with E-state index in [0.29, 0.717) is 18.7 Å². The van der Waals surface area contributed by atoms with Gasteiger partial charge in [-0.3, -0.25) is 0 Å². The Kier molecular flexibility index (Phi) is 8.95. The maximum absolute atomic E-state index is 5.72. The summed E-state index contributed by atoms with van der Waals surface area (Å²) in [4.78, 5) is 4.75. The number of aliphatic imine (C=N–C) groups is 1. The zero-order valence-electron chi connectivity index (χ0n) is 15.9. The van der Waals surface area contributed by atoms with Crippen LogP contribution in [-0.2, 0) is 18.3 Å². The summed E-state index contributed by atoms with van der Waals surface area (Å²) >= 11 is 1.97. The molecule has 1 aliphatic heterocycles. The van der Waals surface area contributed by atoms with E-state index in [1.54, 1.807) is 0 Å². The van der Waals surface area contributed by atoms with E-state index in [4.69, 9.17) is 9.73 Å². The topological polar surface area (TPSA) is 76.4 Å². The monoisotopic (exact) mass is 494 g/mol. The van der Waals surface area contributed by atoms with Gasteiger partial charge < -0.3 is 19.9 Å². The average molecular weight is 494 g/mol. The van der Waals surface area contributed by atoms with E-state index in [9.17, 15) is 0 Å². The average Bonchev–Trinajstić information content (AvgIpc) is 3.35. The number of ether oxygens (including phenoxy) is 1. The second-order valence-electron chi connectivity index (χ2n) is 6.92. The SMILES string of the molecule is CSC1CCC(NC(=NCc2nnc(C)n2C)NCC2CCCO2)C1.I. The van der Waals surface area contributed by atoms with E-state index in [2.05, 4.69) is 27.1 Å². The Morgan fingerprint density at radius 1 is 1.35 bits per heavy atom. The van der Waals surface area contributed by atoms with E-state index < -0.39 is 0 Å². The summed E-state index contributed by atoms with van der Waals surface area (Å²) in [6.45, 7) is 4.16. The molecule has 3 atom stereocenters. The zero-order valence-corrected chi connectivity index (χ0v) is 19.0. The van der Waals surface area contributed by atoms with Crippen molar-refractivity contribution in [1.82, 2.24) is 25.4 Å². The molecule has 0 spiro atoms. The van der Waals surface area contributed by atoms with Crippen LogP contribution in [0.25, 0.3) is 0 Å². The summed E-state index contributed by atoms with van der Waals surface area (Å²) in [7, 11) is 1.98. The van der Waals surface area contributed by atoms with Gasteiger partial charge in [-0.15, -0.1) is 34.2 Å². The molecule has 1 aliphatic carbocycles. The van der Waals surface area contributed by atoms with E-state index in [-0.39, 0.29) is 24.0 Å². The van der Waals surface area contributed by atoms with Crippen LogP contribution in [0.15, 0.2) is 4.99 Å². The summed E-state index contributed by atoms with van der Waals surface area (Å²) in [6.07, 6.45) is 8.46. The summed E-state index contributed by atoms with van der Waals surface area (Å²) < 4.78 is 7.70. The first-order valence-electron chi connectivity index (χ1n) is 9.20. The van der Waals surface area contributed by atoms with Gasteiger partial charge in [0, 0.05) is 31.5 Å². The maximum Gasteiger partial charge on any atom is 0.192 e. The molecule has 2 heterocycles. The molecule has 1 saturated heterocycles. The van der Waals surface area contributed by atoms with Crippen molar-refractivity contribution in [3.8, 4) is 0 Å². The molecule has 3 unspecified atom stereocenters. The molecule has 1 aromatic heterocycles. The Bertz CT molecular complexity index is 590. The largest absolute Gasteiger partial charge is 0.376 e. The number of nitrogens with zero attached hydrogens (tertiary/aromatic N) is 4. The lowest BCUT2D eigenvalue weighted by Gasteiger charge is -2.19. The first-order chi connectivity index (χ1) is 12.2. The molecule has 7 nitrogen and oxygen atoms in total. The molecule has 0 radical (unpaired) electrons. The predicted molar refractivity (Wildman–Crippen MR) is 117 cm³/mol. The molecule has 1 saturated carbocycles. The summed E-state index contributed by atoms with van der Waals surface area (Å²) in [5.41, 5.74) is 0.